The molecular formula is C19H12BrFN4O. The van der Waals surface area contributed by atoms with Gasteiger partial charge < -0.3 is 10.5 Å². The zero-order valence-electron chi connectivity index (χ0n) is 13.3. The summed E-state index contributed by atoms with van der Waals surface area (Å²) in [6, 6.07) is 15.8. The van der Waals surface area contributed by atoms with Crippen LogP contribution >= 0.6 is 15.9 Å². The van der Waals surface area contributed by atoms with Gasteiger partial charge in [0.2, 0.25) is 11.8 Å². The summed E-state index contributed by atoms with van der Waals surface area (Å²) in [4.78, 5) is 0. The van der Waals surface area contributed by atoms with Crippen molar-refractivity contribution in [2.24, 2.45) is 5.73 Å². The van der Waals surface area contributed by atoms with Crippen molar-refractivity contribution in [1.29, 1.82) is 5.26 Å². The molecule has 1 atom stereocenters. The number of aromatic amines is 1. The smallest absolute Gasteiger partial charge is 0.244 e. The van der Waals surface area contributed by atoms with E-state index in [4.69, 9.17) is 10.5 Å². The first-order valence-corrected chi connectivity index (χ1v) is 8.55. The topological polar surface area (TPSA) is 87.7 Å². The van der Waals surface area contributed by atoms with Gasteiger partial charge >= 0.3 is 0 Å². The summed E-state index contributed by atoms with van der Waals surface area (Å²) < 4.78 is 19.9. The van der Waals surface area contributed by atoms with Crippen molar-refractivity contribution >= 4 is 15.9 Å². The highest BCUT2D eigenvalue weighted by molar-refractivity contribution is 9.10. The molecule has 0 bridgehead atoms. The van der Waals surface area contributed by atoms with Gasteiger partial charge in [0, 0.05) is 10.0 Å². The highest BCUT2D eigenvalue weighted by Gasteiger charge is 2.35. The molecule has 1 aromatic heterocycles. The van der Waals surface area contributed by atoms with Gasteiger partial charge in [-0.3, -0.25) is 5.10 Å². The van der Waals surface area contributed by atoms with Crippen LogP contribution in [0.2, 0.25) is 0 Å². The number of ether oxygens (including phenoxy) is 1. The highest BCUT2D eigenvalue weighted by Crippen LogP contribution is 2.45. The minimum absolute atomic E-state index is 0.00295. The molecule has 5 nitrogen and oxygen atoms in total. The Hall–Kier alpha value is -3.11. The maximum Gasteiger partial charge on any atom is 0.244 e. The van der Waals surface area contributed by atoms with Gasteiger partial charge in [0.25, 0.3) is 0 Å². The number of halogens is 2. The second-order valence-electron chi connectivity index (χ2n) is 5.80. The first-order chi connectivity index (χ1) is 12.6. The largest absolute Gasteiger partial charge is 0.420 e. The Kier molecular flexibility index (Phi) is 3.98. The average Bonchev–Trinajstić information content (AvgIpc) is 3.05. The predicted molar refractivity (Wildman–Crippen MR) is 97.4 cm³/mol. The molecule has 0 radical (unpaired) electrons. The number of nitrogens with one attached hydrogen (secondary N) is 1. The van der Waals surface area contributed by atoms with Crippen LogP contribution in [0.15, 0.2) is 64.5 Å². The molecule has 0 amide bonds. The fraction of sp³-hybridized carbons (Fsp3) is 0.0526. The van der Waals surface area contributed by atoms with Crippen molar-refractivity contribution in [3.8, 4) is 23.2 Å². The van der Waals surface area contributed by atoms with Gasteiger partial charge in [0.15, 0.2) is 0 Å². The first kappa shape index (κ1) is 16.4. The maximum atomic E-state index is 13.4. The van der Waals surface area contributed by atoms with E-state index in [9.17, 15) is 9.65 Å². The number of benzene rings is 2. The fourth-order valence-corrected chi connectivity index (χ4v) is 3.33. The first-order valence-electron chi connectivity index (χ1n) is 7.75. The highest BCUT2D eigenvalue weighted by atomic mass is 79.9. The summed E-state index contributed by atoms with van der Waals surface area (Å²) in [7, 11) is 0. The third-order valence-electron chi connectivity index (χ3n) is 4.28. The van der Waals surface area contributed by atoms with Crippen LogP contribution in [0.25, 0.3) is 11.3 Å². The molecule has 7 heteroatoms. The molecule has 0 saturated heterocycles. The van der Waals surface area contributed by atoms with E-state index in [1.807, 2.05) is 24.3 Å². The summed E-state index contributed by atoms with van der Waals surface area (Å²) in [5, 5.41) is 16.8. The fourth-order valence-electron chi connectivity index (χ4n) is 3.07. The standard InChI is InChI=1S/C19H12BrFN4O/c20-12-5-1-11(2-6-12)17-16-15(10-3-7-13(21)8-4-10)14(9-22)18(23)26-19(16)25-24-17/h1-8,15H,23H2,(H,24,25)/t15-/m0/s1. The monoisotopic (exact) mass is 410 g/mol. The second-order valence-corrected chi connectivity index (χ2v) is 6.72. The zero-order chi connectivity index (χ0) is 18.3. The lowest BCUT2D eigenvalue weighted by Crippen LogP contribution is -2.21. The molecule has 4 rings (SSSR count). The van der Waals surface area contributed by atoms with Crippen molar-refractivity contribution in [3.05, 3.63) is 81.4 Å². The maximum absolute atomic E-state index is 13.4. The van der Waals surface area contributed by atoms with E-state index < -0.39 is 5.92 Å². The molecule has 1 aliphatic rings. The second kappa shape index (κ2) is 6.32. The number of hydrogen-bond donors (Lipinski definition) is 2. The summed E-state index contributed by atoms with van der Waals surface area (Å²) in [5.41, 5.74) is 9.24. The average molecular weight is 411 g/mol. The van der Waals surface area contributed by atoms with E-state index in [2.05, 4.69) is 32.2 Å². The van der Waals surface area contributed by atoms with E-state index in [0.29, 0.717) is 11.4 Å². The van der Waals surface area contributed by atoms with Crippen LogP contribution in [0.5, 0.6) is 5.88 Å². The van der Waals surface area contributed by atoms with Gasteiger partial charge in [-0.25, -0.2) is 4.39 Å². The number of hydrogen-bond acceptors (Lipinski definition) is 4. The Morgan fingerprint density at radius 2 is 1.85 bits per heavy atom. The van der Waals surface area contributed by atoms with Crippen LogP contribution in [-0.2, 0) is 0 Å². The molecule has 2 aromatic carbocycles. The zero-order valence-corrected chi connectivity index (χ0v) is 14.9. The number of allylic oxidation sites excluding steroid dienone is 1. The third kappa shape index (κ3) is 2.65. The van der Waals surface area contributed by atoms with Crippen LogP contribution in [0.3, 0.4) is 0 Å². The van der Waals surface area contributed by atoms with Gasteiger partial charge in [0.1, 0.15) is 17.5 Å². The van der Waals surface area contributed by atoms with Crippen molar-refractivity contribution < 1.29 is 9.13 Å². The molecule has 2 heterocycles. The minimum Gasteiger partial charge on any atom is -0.420 e. The predicted octanol–water partition coefficient (Wildman–Crippen LogP) is 4.20. The minimum atomic E-state index is -0.498. The van der Waals surface area contributed by atoms with Crippen LogP contribution in [0, 0.1) is 17.1 Å². The molecule has 0 saturated carbocycles. The Balaban J connectivity index is 1.93. The van der Waals surface area contributed by atoms with Crippen molar-refractivity contribution in [3.63, 3.8) is 0 Å². The summed E-state index contributed by atoms with van der Waals surface area (Å²) in [5.74, 6) is -0.532. The van der Waals surface area contributed by atoms with E-state index >= 15 is 0 Å². The van der Waals surface area contributed by atoms with Crippen molar-refractivity contribution in [2.45, 2.75) is 5.92 Å². The number of nitriles is 1. The molecule has 0 unspecified atom stereocenters. The van der Waals surface area contributed by atoms with Gasteiger partial charge in [-0.05, 0) is 29.8 Å². The molecular weight excluding hydrogens is 399 g/mol. The van der Waals surface area contributed by atoms with Crippen LogP contribution in [-0.4, -0.2) is 10.2 Å². The van der Waals surface area contributed by atoms with Crippen LogP contribution in [0.1, 0.15) is 17.0 Å². The SMILES string of the molecule is N#CC1=C(N)Oc2n[nH]c(-c3ccc(Br)cc3)c2[C@H]1c1ccc(F)cc1. The lowest BCUT2D eigenvalue weighted by molar-refractivity contribution is 0.379. The Bertz CT molecular complexity index is 1050. The third-order valence-corrected chi connectivity index (χ3v) is 4.80. The number of nitrogens with two attached hydrogens (primary N) is 1. The van der Waals surface area contributed by atoms with Gasteiger partial charge in [0.05, 0.1) is 17.2 Å². The number of fused-ring (bicyclic) bond motifs is 1. The lowest BCUT2D eigenvalue weighted by Gasteiger charge is -2.24. The molecule has 0 aliphatic carbocycles. The van der Waals surface area contributed by atoms with Gasteiger partial charge in [-0.2, -0.15) is 5.26 Å². The van der Waals surface area contributed by atoms with Gasteiger partial charge in [-0.1, -0.05) is 40.2 Å². The van der Waals surface area contributed by atoms with Crippen molar-refractivity contribution in [1.82, 2.24) is 10.2 Å². The van der Waals surface area contributed by atoms with E-state index in [1.54, 1.807) is 12.1 Å². The summed E-state index contributed by atoms with van der Waals surface area (Å²) in [6.07, 6.45) is 0. The van der Waals surface area contributed by atoms with Gasteiger partial charge in [-0.15, -0.1) is 5.10 Å². The molecule has 1 aliphatic heterocycles. The van der Waals surface area contributed by atoms with E-state index in [0.717, 1.165) is 21.3 Å². The normalized spacial score (nSPS) is 16.0. The Morgan fingerprint density at radius 3 is 2.50 bits per heavy atom. The summed E-state index contributed by atoms with van der Waals surface area (Å²) in [6.45, 7) is 0. The number of rotatable bonds is 2. The van der Waals surface area contributed by atoms with Crippen molar-refractivity contribution in [2.75, 3.05) is 0 Å². The van der Waals surface area contributed by atoms with Crippen LogP contribution in [0.4, 0.5) is 4.39 Å². The number of H-pyrrole nitrogens is 1. The van der Waals surface area contributed by atoms with E-state index in [-0.39, 0.29) is 17.3 Å². The molecule has 128 valence electrons. The molecule has 3 N–H and O–H groups in total. The lowest BCUT2D eigenvalue weighted by atomic mass is 9.83. The molecule has 26 heavy (non-hydrogen) atoms. The molecule has 3 aromatic rings. The van der Waals surface area contributed by atoms with Crippen LogP contribution < -0.4 is 10.5 Å². The number of nitrogens with zero attached hydrogens (tertiary/aromatic N) is 2. The Labute approximate surface area is 157 Å². The number of aromatic nitrogens is 2. The molecule has 0 fully saturated rings. The Morgan fingerprint density at radius 1 is 1.15 bits per heavy atom. The van der Waals surface area contributed by atoms with E-state index in [1.165, 1.54) is 12.1 Å². The quantitative estimate of drug-likeness (QED) is 0.662. The summed E-state index contributed by atoms with van der Waals surface area (Å²) >= 11 is 3.41. The molecule has 0 spiro atoms.